The molecule has 2 aromatic heterocycles. The molecular weight excluding hydrogens is 148 g/mol. The first-order valence-corrected chi connectivity index (χ1v) is 4.21. The molecule has 2 rings (SSSR count). The van der Waals surface area contributed by atoms with E-state index in [0.717, 1.165) is 0 Å². The van der Waals surface area contributed by atoms with Crippen molar-refractivity contribution < 1.29 is 0 Å². The summed E-state index contributed by atoms with van der Waals surface area (Å²) in [4.78, 5) is 0. The Hall–Kier alpha value is -1.31. The quantitative estimate of drug-likeness (QED) is 0.626. The zero-order chi connectivity index (χ0) is 8.55. The van der Waals surface area contributed by atoms with Crippen molar-refractivity contribution in [1.29, 1.82) is 0 Å². The molecule has 0 aromatic carbocycles. The third kappa shape index (κ3) is 0.998. The molecule has 0 spiro atoms. The van der Waals surface area contributed by atoms with Gasteiger partial charge in [0.2, 0.25) is 0 Å². The van der Waals surface area contributed by atoms with Gasteiger partial charge in [-0.15, -0.1) is 0 Å². The molecule has 0 amide bonds. The van der Waals surface area contributed by atoms with E-state index >= 15 is 0 Å². The number of hydrogen-bond donors (Lipinski definition) is 0. The maximum atomic E-state index is 4.26. The molecule has 2 heteroatoms. The Balaban J connectivity index is 2.70. The van der Waals surface area contributed by atoms with Crippen molar-refractivity contribution in [2.24, 2.45) is 0 Å². The van der Waals surface area contributed by atoms with Crippen molar-refractivity contribution in [2.75, 3.05) is 0 Å². The molecule has 0 saturated heterocycles. The van der Waals surface area contributed by atoms with Crippen LogP contribution in [0.1, 0.15) is 25.3 Å². The summed E-state index contributed by atoms with van der Waals surface area (Å²) in [5.74, 6) is 0.546. The van der Waals surface area contributed by atoms with Crippen molar-refractivity contribution in [1.82, 2.24) is 9.61 Å². The fourth-order valence-electron chi connectivity index (χ4n) is 1.40. The van der Waals surface area contributed by atoms with Crippen LogP contribution in [0.4, 0.5) is 0 Å². The van der Waals surface area contributed by atoms with Gasteiger partial charge in [-0.25, -0.2) is 4.52 Å². The number of fused-ring (bicyclic) bond motifs is 1. The highest BCUT2D eigenvalue weighted by Crippen LogP contribution is 2.19. The van der Waals surface area contributed by atoms with Crippen LogP contribution >= 0.6 is 0 Å². The number of nitrogens with zero attached hydrogens (tertiary/aromatic N) is 2. The molecule has 0 aliphatic rings. The first-order chi connectivity index (χ1) is 5.79. The van der Waals surface area contributed by atoms with E-state index in [4.69, 9.17) is 0 Å². The van der Waals surface area contributed by atoms with Gasteiger partial charge in [-0.1, -0.05) is 19.9 Å². The maximum absolute atomic E-state index is 4.26. The molecule has 62 valence electrons. The van der Waals surface area contributed by atoms with Gasteiger partial charge in [0, 0.05) is 11.8 Å². The Labute approximate surface area is 71.8 Å². The van der Waals surface area contributed by atoms with Gasteiger partial charge in [0.25, 0.3) is 0 Å². The summed E-state index contributed by atoms with van der Waals surface area (Å²) in [6.07, 6.45) is 3.92. The topological polar surface area (TPSA) is 17.3 Å². The van der Waals surface area contributed by atoms with Crippen LogP contribution in [0.2, 0.25) is 0 Å². The van der Waals surface area contributed by atoms with Gasteiger partial charge in [-0.3, -0.25) is 0 Å². The van der Waals surface area contributed by atoms with E-state index in [9.17, 15) is 0 Å². The smallest absolute Gasteiger partial charge is 0.0696 e. The number of hydrogen-bond acceptors (Lipinski definition) is 1. The zero-order valence-electron chi connectivity index (χ0n) is 7.36. The average molecular weight is 160 g/mol. The maximum Gasteiger partial charge on any atom is 0.0696 e. The Kier molecular flexibility index (Phi) is 1.61. The second-order valence-electron chi connectivity index (χ2n) is 3.29. The zero-order valence-corrected chi connectivity index (χ0v) is 7.36. The summed E-state index contributed by atoms with van der Waals surface area (Å²) in [7, 11) is 0. The van der Waals surface area contributed by atoms with E-state index in [0.29, 0.717) is 5.92 Å². The van der Waals surface area contributed by atoms with Gasteiger partial charge in [0.15, 0.2) is 0 Å². The molecule has 12 heavy (non-hydrogen) atoms. The van der Waals surface area contributed by atoms with Gasteiger partial charge in [-0.2, -0.15) is 5.10 Å². The van der Waals surface area contributed by atoms with E-state index in [2.05, 4.69) is 25.0 Å². The van der Waals surface area contributed by atoms with Crippen LogP contribution in [0.5, 0.6) is 0 Å². The second-order valence-corrected chi connectivity index (χ2v) is 3.29. The van der Waals surface area contributed by atoms with Crippen LogP contribution in [-0.4, -0.2) is 9.61 Å². The fraction of sp³-hybridized carbons (Fsp3) is 0.300. The van der Waals surface area contributed by atoms with Crippen LogP contribution < -0.4 is 0 Å². The molecule has 0 radical (unpaired) electrons. The Morgan fingerprint density at radius 2 is 2.17 bits per heavy atom. The molecule has 2 aromatic rings. The largest absolute Gasteiger partial charge is 0.241 e. The minimum atomic E-state index is 0.546. The lowest BCUT2D eigenvalue weighted by Gasteiger charge is -2.00. The molecule has 2 nitrogen and oxygen atoms in total. The monoisotopic (exact) mass is 160 g/mol. The average Bonchev–Trinajstić information content (AvgIpc) is 2.47. The van der Waals surface area contributed by atoms with Crippen molar-refractivity contribution in [3.05, 3.63) is 36.2 Å². The lowest BCUT2D eigenvalue weighted by Crippen LogP contribution is -1.87. The van der Waals surface area contributed by atoms with E-state index in [1.165, 1.54) is 11.1 Å². The number of aromatic nitrogens is 2. The number of rotatable bonds is 1. The van der Waals surface area contributed by atoms with Crippen molar-refractivity contribution in [3.8, 4) is 0 Å². The second kappa shape index (κ2) is 2.63. The standard InChI is InChI=1S/C10H12N2/c1-8(2)9-7-11-12-6-4-3-5-10(9)12/h3-8H,1-2H3. The summed E-state index contributed by atoms with van der Waals surface area (Å²) >= 11 is 0. The predicted molar refractivity (Wildman–Crippen MR) is 49.3 cm³/mol. The van der Waals surface area contributed by atoms with E-state index in [-0.39, 0.29) is 0 Å². The Morgan fingerprint density at radius 1 is 1.33 bits per heavy atom. The molecule has 0 aliphatic heterocycles. The van der Waals surface area contributed by atoms with Crippen molar-refractivity contribution >= 4 is 5.52 Å². The molecule has 0 unspecified atom stereocenters. The highest BCUT2D eigenvalue weighted by Gasteiger charge is 2.05. The molecule has 0 atom stereocenters. The third-order valence-corrected chi connectivity index (χ3v) is 2.08. The van der Waals surface area contributed by atoms with Crippen molar-refractivity contribution in [2.45, 2.75) is 19.8 Å². The molecule has 0 bridgehead atoms. The highest BCUT2D eigenvalue weighted by atomic mass is 15.2. The molecule has 0 saturated carbocycles. The third-order valence-electron chi connectivity index (χ3n) is 2.08. The van der Waals surface area contributed by atoms with Gasteiger partial charge in [0.05, 0.1) is 11.7 Å². The van der Waals surface area contributed by atoms with E-state index < -0.39 is 0 Å². The molecule has 0 aliphatic carbocycles. The van der Waals surface area contributed by atoms with Crippen molar-refractivity contribution in [3.63, 3.8) is 0 Å². The van der Waals surface area contributed by atoms with E-state index in [1.54, 1.807) is 0 Å². The molecular formula is C10H12N2. The lowest BCUT2D eigenvalue weighted by molar-refractivity contribution is 0.875. The summed E-state index contributed by atoms with van der Waals surface area (Å²) in [5, 5.41) is 4.26. The van der Waals surface area contributed by atoms with Crippen LogP contribution in [0.15, 0.2) is 30.6 Å². The minimum absolute atomic E-state index is 0.546. The summed E-state index contributed by atoms with van der Waals surface area (Å²) in [5.41, 5.74) is 2.53. The summed E-state index contributed by atoms with van der Waals surface area (Å²) in [6, 6.07) is 6.13. The van der Waals surface area contributed by atoms with E-state index in [1.807, 2.05) is 29.0 Å². The predicted octanol–water partition coefficient (Wildman–Crippen LogP) is 2.46. The van der Waals surface area contributed by atoms with Crippen LogP contribution in [-0.2, 0) is 0 Å². The lowest BCUT2D eigenvalue weighted by atomic mass is 10.1. The van der Waals surface area contributed by atoms with Gasteiger partial charge in [-0.05, 0) is 18.1 Å². The molecule has 2 heterocycles. The van der Waals surface area contributed by atoms with Crippen LogP contribution in [0, 0.1) is 0 Å². The Bertz CT molecular complexity index is 387. The molecule has 0 N–H and O–H groups in total. The first-order valence-electron chi connectivity index (χ1n) is 4.21. The van der Waals surface area contributed by atoms with Gasteiger partial charge >= 0.3 is 0 Å². The van der Waals surface area contributed by atoms with Crippen LogP contribution in [0.25, 0.3) is 5.52 Å². The SMILES string of the molecule is CC(C)c1cnn2ccccc12. The first kappa shape index (κ1) is 7.35. The summed E-state index contributed by atoms with van der Waals surface area (Å²) < 4.78 is 1.91. The Morgan fingerprint density at radius 3 is 2.92 bits per heavy atom. The van der Waals surface area contributed by atoms with Gasteiger partial charge < -0.3 is 0 Å². The molecule has 0 fully saturated rings. The van der Waals surface area contributed by atoms with Crippen LogP contribution in [0.3, 0.4) is 0 Å². The highest BCUT2D eigenvalue weighted by molar-refractivity contribution is 5.54. The summed E-state index contributed by atoms with van der Waals surface area (Å²) in [6.45, 7) is 4.37. The van der Waals surface area contributed by atoms with Gasteiger partial charge in [0.1, 0.15) is 0 Å². The fourth-order valence-corrected chi connectivity index (χ4v) is 1.40. The minimum Gasteiger partial charge on any atom is -0.241 e. The normalized spacial score (nSPS) is 11.2. The number of pyridine rings is 1.